The number of aliphatic hydroxyl groups excluding tert-OH is 1. The summed E-state index contributed by atoms with van der Waals surface area (Å²) in [5, 5.41) is 13.0. The van der Waals surface area contributed by atoms with Gasteiger partial charge in [0.2, 0.25) is 0 Å². The minimum atomic E-state index is -0.283. The van der Waals surface area contributed by atoms with Crippen LogP contribution in [0, 0.1) is 0 Å². The van der Waals surface area contributed by atoms with Crippen molar-refractivity contribution >= 4 is 5.82 Å². The van der Waals surface area contributed by atoms with E-state index in [1.165, 1.54) is 24.1 Å². The van der Waals surface area contributed by atoms with Crippen molar-refractivity contribution in [1.82, 2.24) is 9.97 Å². The number of aliphatic hydroxyl groups is 1. The molecule has 0 radical (unpaired) electrons. The van der Waals surface area contributed by atoms with Gasteiger partial charge in [0.05, 0.1) is 6.10 Å². The average molecular weight is 235 g/mol. The minimum absolute atomic E-state index is 0.283. The molecule has 1 aliphatic carbocycles. The highest BCUT2D eigenvalue weighted by molar-refractivity contribution is 5.46. The normalized spacial score (nSPS) is 16.4. The van der Waals surface area contributed by atoms with Gasteiger partial charge in [0.25, 0.3) is 0 Å². The Hall–Kier alpha value is -1.16. The molecule has 1 aromatic rings. The summed E-state index contributed by atoms with van der Waals surface area (Å²) in [5.41, 5.74) is 2.43. The molecule has 0 saturated carbocycles. The van der Waals surface area contributed by atoms with Crippen molar-refractivity contribution < 1.29 is 5.11 Å². The number of aryl methyl sites for hydroxylation is 1. The number of fused-ring (bicyclic) bond motifs is 1. The fraction of sp³-hybridized carbons (Fsp3) is 0.692. The number of hydrogen-bond donors (Lipinski definition) is 2. The third-order valence-corrected chi connectivity index (χ3v) is 3.25. The fourth-order valence-corrected chi connectivity index (χ4v) is 2.32. The maximum atomic E-state index is 9.71. The monoisotopic (exact) mass is 235 g/mol. The van der Waals surface area contributed by atoms with E-state index in [1.54, 1.807) is 6.33 Å². The Kier molecular flexibility index (Phi) is 4.31. The van der Waals surface area contributed by atoms with Gasteiger partial charge in [0.1, 0.15) is 12.1 Å². The summed E-state index contributed by atoms with van der Waals surface area (Å²) in [6, 6.07) is 0. The van der Waals surface area contributed by atoms with Gasteiger partial charge in [-0.3, -0.25) is 0 Å². The molecule has 0 fully saturated rings. The predicted octanol–water partition coefficient (Wildman–Crippen LogP) is 1.93. The van der Waals surface area contributed by atoms with E-state index < -0.39 is 0 Å². The summed E-state index contributed by atoms with van der Waals surface area (Å²) in [6.07, 6.45) is 7.74. The van der Waals surface area contributed by atoms with Crippen molar-refractivity contribution in [2.24, 2.45) is 0 Å². The van der Waals surface area contributed by atoms with Crippen LogP contribution >= 0.6 is 0 Å². The Bertz CT molecular complexity index is 368. The van der Waals surface area contributed by atoms with Crippen molar-refractivity contribution in [3.05, 3.63) is 17.6 Å². The second-order valence-electron chi connectivity index (χ2n) is 4.68. The van der Waals surface area contributed by atoms with E-state index in [4.69, 9.17) is 0 Å². The molecule has 2 rings (SSSR count). The molecule has 0 spiro atoms. The zero-order valence-corrected chi connectivity index (χ0v) is 10.4. The van der Waals surface area contributed by atoms with Gasteiger partial charge in [-0.15, -0.1) is 0 Å². The lowest BCUT2D eigenvalue weighted by atomic mass is 9.96. The van der Waals surface area contributed by atoms with E-state index in [0.717, 1.165) is 31.5 Å². The van der Waals surface area contributed by atoms with E-state index in [0.29, 0.717) is 6.54 Å². The lowest BCUT2D eigenvalue weighted by Gasteiger charge is -2.19. The molecule has 0 aliphatic heterocycles. The molecule has 1 aliphatic rings. The largest absolute Gasteiger partial charge is 0.391 e. The van der Waals surface area contributed by atoms with Crippen LogP contribution < -0.4 is 5.32 Å². The zero-order valence-electron chi connectivity index (χ0n) is 10.4. The minimum Gasteiger partial charge on any atom is -0.391 e. The molecular formula is C13H21N3O. The van der Waals surface area contributed by atoms with Crippen LogP contribution in [0.4, 0.5) is 5.82 Å². The first kappa shape index (κ1) is 12.3. The van der Waals surface area contributed by atoms with Crippen molar-refractivity contribution in [3.8, 4) is 0 Å². The first-order valence-corrected chi connectivity index (χ1v) is 6.56. The van der Waals surface area contributed by atoms with Crippen LogP contribution in [0.2, 0.25) is 0 Å². The van der Waals surface area contributed by atoms with E-state index in [-0.39, 0.29) is 6.10 Å². The van der Waals surface area contributed by atoms with Crippen LogP contribution in [-0.4, -0.2) is 27.7 Å². The number of hydrogen-bond acceptors (Lipinski definition) is 4. The molecule has 1 unspecified atom stereocenters. The summed E-state index contributed by atoms with van der Waals surface area (Å²) in [4.78, 5) is 8.62. The number of aromatic nitrogens is 2. The van der Waals surface area contributed by atoms with Crippen LogP contribution in [-0.2, 0) is 12.8 Å². The van der Waals surface area contributed by atoms with Crippen LogP contribution in [0.1, 0.15) is 43.9 Å². The maximum Gasteiger partial charge on any atom is 0.132 e. The summed E-state index contributed by atoms with van der Waals surface area (Å²) in [5.74, 6) is 0.921. The summed E-state index contributed by atoms with van der Waals surface area (Å²) in [7, 11) is 0. The molecule has 1 atom stereocenters. The SMILES string of the molecule is CCCC(O)CNc1ncnc2c1CCCC2. The van der Waals surface area contributed by atoms with Gasteiger partial charge in [-0.05, 0) is 32.1 Å². The molecule has 17 heavy (non-hydrogen) atoms. The summed E-state index contributed by atoms with van der Waals surface area (Å²) in [6.45, 7) is 2.66. The molecule has 4 heteroatoms. The van der Waals surface area contributed by atoms with E-state index >= 15 is 0 Å². The third kappa shape index (κ3) is 3.16. The molecular weight excluding hydrogens is 214 g/mol. The Balaban J connectivity index is 2.01. The predicted molar refractivity (Wildman–Crippen MR) is 68.1 cm³/mol. The van der Waals surface area contributed by atoms with Crippen LogP contribution in [0.3, 0.4) is 0 Å². The first-order valence-electron chi connectivity index (χ1n) is 6.56. The van der Waals surface area contributed by atoms with Gasteiger partial charge >= 0.3 is 0 Å². The number of anilines is 1. The number of rotatable bonds is 5. The van der Waals surface area contributed by atoms with Crippen molar-refractivity contribution in [1.29, 1.82) is 0 Å². The molecule has 2 N–H and O–H groups in total. The average Bonchev–Trinajstić information content (AvgIpc) is 2.36. The second kappa shape index (κ2) is 5.96. The standard InChI is InChI=1S/C13H21N3O/c1-2-5-10(17)8-14-13-11-6-3-4-7-12(11)15-9-16-13/h9-10,17H,2-8H2,1H3,(H,14,15,16). The molecule has 94 valence electrons. The number of nitrogens with zero attached hydrogens (tertiary/aromatic N) is 2. The second-order valence-corrected chi connectivity index (χ2v) is 4.68. The topological polar surface area (TPSA) is 58.0 Å². The quantitative estimate of drug-likeness (QED) is 0.818. The Morgan fingerprint density at radius 2 is 2.18 bits per heavy atom. The number of nitrogens with one attached hydrogen (secondary N) is 1. The maximum absolute atomic E-state index is 9.71. The van der Waals surface area contributed by atoms with Gasteiger partial charge in [-0.25, -0.2) is 9.97 Å². The Labute approximate surface area is 102 Å². The smallest absolute Gasteiger partial charge is 0.132 e. The highest BCUT2D eigenvalue weighted by Gasteiger charge is 2.15. The van der Waals surface area contributed by atoms with Gasteiger partial charge in [-0.2, -0.15) is 0 Å². The Morgan fingerprint density at radius 3 is 3.00 bits per heavy atom. The van der Waals surface area contributed by atoms with Crippen molar-refractivity contribution in [2.75, 3.05) is 11.9 Å². The lowest BCUT2D eigenvalue weighted by Crippen LogP contribution is -2.21. The van der Waals surface area contributed by atoms with Gasteiger partial charge < -0.3 is 10.4 Å². The van der Waals surface area contributed by atoms with Gasteiger partial charge in [-0.1, -0.05) is 13.3 Å². The molecule has 1 heterocycles. The van der Waals surface area contributed by atoms with Gasteiger partial charge in [0.15, 0.2) is 0 Å². The summed E-state index contributed by atoms with van der Waals surface area (Å²) < 4.78 is 0. The Morgan fingerprint density at radius 1 is 1.35 bits per heavy atom. The van der Waals surface area contributed by atoms with Crippen molar-refractivity contribution in [2.45, 2.75) is 51.6 Å². The molecule has 4 nitrogen and oxygen atoms in total. The van der Waals surface area contributed by atoms with Crippen LogP contribution in [0.25, 0.3) is 0 Å². The van der Waals surface area contributed by atoms with Crippen molar-refractivity contribution in [3.63, 3.8) is 0 Å². The molecule has 0 aromatic carbocycles. The first-order chi connectivity index (χ1) is 8.31. The summed E-state index contributed by atoms with van der Waals surface area (Å²) >= 11 is 0. The fourth-order valence-electron chi connectivity index (χ4n) is 2.32. The highest BCUT2D eigenvalue weighted by atomic mass is 16.3. The molecule has 1 aromatic heterocycles. The zero-order chi connectivity index (χ0) is 12.1. The molecule has 0 bridgehead atoms. The van der Waals surface area contributed by atoms with E-state index in [9.17, 15) is 5.11 Å². The van der Waals surface area contributed by atoms with Gasteiger partial charge in [0, 0.05) is 17.8 Å². The van der Waals surface area contributed by atoms with Crippen LogP contribution in [0.5, 0.6) is 0 Å². The molecule has 0 amide bonds. The third-order valence-electron chi connectivity index (χ3n) is 3.25. The van der Waals surface area contributed by atoms with E-state index in [1.807, 2.05) is 0 Å². The van der Waals surface area contributed by atoms with E-state index in [2.05, 4.69) is 22.2 Å². The lowest BCUT2D eigenvalue weighted by molar-refractivity contribution is 0.176. The highest BCUT2D eigenvalue weighted by Crippen LogP contribution is 2.24. The molecule has 0 saturated heterocycles. The van der Waals surface area contributed by atoms with Crippen LogP contribution in [0.15, 0.2) is 6.33 Å².